The fraction of sp³-hybridized carbons (Fsp3) is 0.261. The highest BCUT2D eigenvalue weighted by molar-refractivity contribution is 6.32. The number of methoxy groups -OCH3 is 1. The molecule has 0 bridgehead atoms. The van der Waals surface area contributed by atoms with Gasteiger partial charge in [-0.3, -0.25) is 13.9 Å². The molecule has 0 aliphatic heterocycles. The van der Waals surface area contributed by atoms with Crippen molar-refractivity contribution < 1.29 is 9.47 Å². The van der Waals surface area contributed by atoms with Crippen molar-refractivity contribution in [2.75, 3.05) is 7.11 Å². The normalized spacial score (nSPS) is 11.2. The number of rotatable bonds is 7. The van der Waals surface area contributed by atoms with Crippen molar-refractivity contribution in [3.8, 4) is 11.4 Å². The predicted octanol–water partition coefficient (Wildman–Crippen LogP) is 3.28. The second-order valence-electron chi connectivity index (χ2n) is 7.24. The largest absolute Gasteiger partial charge is 0.497 e. The minimum Gasteiger partial charge on any atom is -0.497 e. The Hall–Kier alpha value is -3.36. The van der Waals surface area contributed by atoms with E-state index in [1.165, 1.54) is 18.7 Å². The minimum absolute atomic E-state index is 0.123. The molecule has 2 aromatic heterocycles. The van der Waals surface area contributed by atoms with Crippen LogP contribution in [0.5, 0.6) is 5.75 Å². The molecular formula is C23H23ClN4O4. The van der Waals surface area contributed by atoms with E-state index in [0.717, 1.165) is 10.1 Å². The molecule has 32 heavy (non-hydrogen) atoms. The Kier molecular flexibility index (Phi) is 6.16. The zero-order valence-electron chi connectivity index (χ0n) is 18.0. The number of benzene rings is 2. The van der Waals surface area contributed by atoms with Gasteiger partial charge in [-0.05, 0) is 17.7 Å². The van der Waals surface area contributed by atoms with Crippen LogP contribution in [0.2, 0.25) is 5.02 Å². The van der Waals surface area contributed by atoms with Crippen molar-refractivity contribution in [1.82, 2.24) is 18.7 Å². The summed E-state index contributed by atoms with van der Waals surface area (Å²) in [6, 6.07) is 14.7. The van der Waals surface area contributed by atoms with Crippen molar-refractivity contribution in [3.05, 3.63) is 85.8 Å². The van der Waals surface area contributed by atoms with Gasteiger partial charge in [0.05, 0.1) is 24.4 Å². The van der Waals surface area contributed by atoms with Gasteiger partial charge in [-0.1, -0.05) is 48.9 Å². The number of imidazole rings is 1. The Balaban J connectivity index is 1.86. The van der Waals surface area contributed by atoms with Gasteiger partial charge in [0.15, 0.2) is 11.2 Å². The molecule has 0 amide bonds. The number of aryl methyl sites for hydroxylation is 1. The van der Waals surface area contributed by atoms with Crippen molar-refractivity contribution in [2.45, 2.75) is 26.7 Å². The number of fused-ring (bicyclic) bond motifs is 1. The van der Waals surface area contributed by atoms with Crippen LogP contribution in [-0.4, -0.2) is 25.8 Å². The Morgan fingerprint density at radius 3 is 2.50 bits per heavy atom. The third-order valence-electron chi connectivity index (χ3n) is 5.27. The Morgan fingerprint density at radius 2 is 1.84 bits per heavy atom. The van der Waals surface area contributed by atoms with E-state index in [9.17, 15) is 9.59 Å². The van der Waals surface area contributed by atoms with Gasteiger partial charge in [0.1, 0.15) is 18.3 Å². The molecule has 0 spiro atoms. The van der Waals surface area contributed by atoms with Crippen LogP contribution in [0, 0.1) is 0 Å². The quantitative estimate of drug-likeness (QED) is 0.428. The lowest BCUT2D eigenvalue weighted by Crippen LogP contribution is -2.38. The first-order chi connectivity index (χ1) is 15.5. The van der Waals surface area contributed by atoms with Gasteiger partial charge in [0, 0.05) is 19.5 Å². The predicted molar refractivity (Wildman–Crippen MR) is 123 cm³/mol. The summed E-state index contributed by atoms with van der Waals surface area (Å²) in [6.45, 7) is 2.44. The zero-order valence-corrected chi connectivity index (χ0v) is 18.8. The molecule has 8 nitrogen and oxygen atoms in total. The maximum Gasteiger partial charge on any atom is 0.337 e. The van der Waals surface area contributed by atoms with Crippen molar-refractivity contribution in [1.29, 1.82) is 0 Å². The second-order valence-corrected chi connectivity index (χ2v) is 7.65. The van der Waals surface area contributed by atoms with E-state index in [0.29, 0.717) is 35.3 Å². The van der Waals surface area contributed by atoms with Gasteiger partial charge in [0.25, 0.3) is 5.56 Å². The molecule has 0 fully saturated rings. The maximum absolute atomic E-state index is 13.1. The second kappa shape index (κ2) is 9.02. The lowest BCUT2D eigenvalue weighted by molar-refractivity contribution is 0.0646. The number of hydrogen-bond acceptors (Lipinski definition) is 5. The summed E-state index contributed by atoms with van der Waals surface area (Å²) < 4.78 is 15.2. The summed E-state index contributed by atoms with van der Waals surface area (Å²) >= 11 is 6.45. The maximum atomic E-state index is 13.1. The van der Waals surface area contributed by atoms with Crippen LogP contribution in [0.15, 0.2) is 58.1 Å². The first-order valence-electron chi connectivity index (χ1n) is 10.1. The first-order valence-corrected chi connectivity index (χ1v) is 10.5. The van der Waals surface area contributed by atoms with E-state index in [-0.39, 0.29) is 17.9 Å². The number of aromatic nitrogens is 4. The molecule has 4 aromatic rings. The Morgan fingerprint density at radius 1 is 1.09 bits per heavy atom. The van der Waals surface area contributed by atoms with Crippen LogP contribution < -0.4 is 16.0 Å². The van der Waals surface area contributed by atoms with Crippen LogP contribution in [0.3, 0.4) is 0 Å². The zero-order chi connectivity index (χ0) is 22.8. The summed E-state index contributed by atoms with van der Waals surface area (Å²) in [7, 11) is 2.97. The average molecular weight is 455 g/mol. The third-order valence-corrected chi connectivity index (χ3v) is 5.57. The van der Waals surface area contributed by atoms with Crippen LogP contribution in [-0.2, 0) is 31.5 Å². The van der Waals surface area contributed by atoms with E-state index in [2.05, 4.69) is 4.98 Å². The van der Waals surface area contributed by atoms with Gasteiger partial charge in [-0.15, -0.1) is 0 Å². The van der Waals surface area contributed by atoms with Crippen molar-refractivity contribution >= 4 is 22.8 Å². The lowest BCUT2D eigenvalue weighted by atomic mass is 10.2. The van der Waals surface area contributed by atoms with Crippen molar-refractivity contribution in [3.63, 3.8) is 0 Å². The molecule has 2 heterocycles. The highest BCUT2D eigenvalue weighted by Gasteiger charge is 2.22. The molecule has 2 aromatic carbocycles. The molecule has 0 radical (unpaired) electrons. The number of halogens is 1. The molecule has 0 aliphatic rings. The van der Waals surface area contributed by atoms with E-state index in [4.69, 9.17) is 21.1 Å². The van der Waals surface area contributed by atoms with Crippen LogP contribution in [0.4, 0.5) is 0 Å². The first kappa shape index (κ1) is 21.9. The molecule has 0 unspecified atom stereocenters. The third kappa shape index (κ3) is 3.83. The number of nitrogens with zero attached hydrogens (tertiary/aromatic N) is 4. The van der Waals surface area contributed by atoms with Gasteiger partial charge in [-0.2, -0.15) is 0 Å². The van der Waals surface area contributed by atoms with Gasteiger partial charge >= 0.3 is 5.69 Å². The summed E-state index contributed by atoms with van der Waals surface area (Å²) in [4.78, 5) is 30.8. The van der Waals surface area contributed by atoms with Crippen LogP contribution in [0.1, 0.15) is 18.3 Å². The van der Waals surface area contributed by atoms with E-state index < -0.39 is 11.2 Å². The smallest absolute Gasteiger partial charge is 0.337 e. The molecule has 166 valence electrons. The average Bonchev–Trinajstić information content (AvgIpc) is 3.17. The Labute approximate surface area is 189 Å². The number of hydrogen-bond donors (Lipinski definition) is 0. The monoisotopic (exact) mass is 454 g/mol. The fourth-order valence-electron chi connectivity index (χ4n) is 3.59. The highest BCUT2D eigenvalue weighted by Crippen LogP contribution is 2.26. The van der Waals surface area contributed by atoms with Crippen LogP contribution >= 0.6 is 11.6 Å². The molecule has 0 aliphatic carbocycles. The van der Waals surface area contributed by atoms with Gasteiger partial charge < -0.3 is 9.47 Å². The molecule has 4 rings (SSSR count). The molecule has 0 atom stereocenters. The van der Waals surface area contributed by atoms with Gasteiger partial charge in [-0.25, -0.2) is 14.3 Å². The number of ether oxygens (including phenoxy) is 2. The van der Waals surface area contributed by atoms with Crippen LogP contribution in [0.25, 0.3) is 16.9 Å². The van der Waals surface area contributed by atoms with E-state index in [1.54, 1.807) is 22.8 Å². The summed E-state index contributed by atoms with van der Waals surface area (Å²) in [5, 5.41) is 0.305. The molecule has 0 N–H and O–H groups in total. The molecular weight excluding hydrogens is 432 g/mol. The Bertz CT molecular complexity index is 1390. The van der Waals surface area contributed by atoms with E-state index >= 15 is 0 Å². The van der Waals surface area contributed by atoms with E-state index in [1.807, 2.05) is 37.3 Å². The summed E-state index contributed by atoms with van der Waals surface area (Å²) in [5.41, 5.74) is 0.975. The molecule has 0 saturated carbocycles. The minimum atomic E-state index is -0.535. The SMILES string of the molecule is CCc1nc2c(c(=O)n(C)c(=O)n2-c2ccc(OC)cc2Cl)n1COCc1ccccc1. The summed E-state index contributed by atoms with van der Waals surface area (Å²) in [5.74, 6) is 1.19. The van der Waals surface area contributed by atoms with Gasteiger partial charge in [0.2, 0.25) is 0 Å². The van der Waals surface area contributed by atoms with Crippen molar-refractivity contribution in [2.24, 2.45) is 7.05 Å². The summed E-state index contributed by atoms with van der Waals surface area (Å²) in [6.07, 6.45) is 0.553. The fourth-order valence-corrected chi connectivity index (χ4v) is 3.84. The topological polar surface area (TPSA) is 80.3 Å². The molecule has 0 saturated heterocycles. The highest BCUT2D eigenvalue weighted by atomic mass is 35.5. The standard InChI is InChI=1S/C23H23ClN4O4/c1-4-19-25-21-20(27(19)14-32-13-15-8-6-5-7-9-15)22(29)26(2)23(30)28(21)18-11-10-16(31-3)12-17(18)24/h5-12H,4,13-14H2,1-3H3. The molecule has 9 heteroatoms. The lowest BCUT2D eigenvalue weighted by Gasteiger charge is -2.13.